The average molecular weight is 449 g/mol. The summed E-state index contributed by atoms with van der Waals surface area (Å²) in [6.45, 7) is 6.17. The molecule has 0 saturated carbocycles. The lowest BCUT2D eigenvalue weighted by molar-refractivity contribution is -0.118. The first-order valence-corrected chi connectivity index (χ1v) is 11.0. The van der Waals surface area contributed by atoms with Crippen molar-refractivity contribution in [3.05, 3.63) is 76.8 Å². The molecule has 0 fully saturated rings. The van der Waals surface area contributed by atoms with Crippen molar-refractivity contribution in [2.45, 2.75) is 33.1 Å². The summed E-state index contributed by atoms with van der Waals surface area (Å²) in [5.41, 5.74) is 5.27. The second kappa shape index (κ2) is 9.45. The van der Waals surface area contributed by atoms with E-state index < -0.39 is 0 Å². The molecule has 0 aliphatic carbocycles. The third-order valence-electron chi connectivity index (χ3n) is 5.50. The van der Waals surface area contributed by atoms with Crippen molar-refractivity contribution in [1.29, 1.82) is 0 Å². The van der Waals surface area contributed by atoms with E-state index in [1.54, 1.807) is 18.2 Å². The van der Waals surface area contributed by atoms with Gasteiger partial charge in [-0.1, -0.05) is 31.5 Å². The minimum absolute atomic E-state index is 0.0894. The fourth-order valence-electron chi connectivity index (χ4n) is 3.42. The summed E-state index contributed by atoms with van der Waals surface area (Å²) in [7, 11) is 0. The van der Waals surface area contributed by atoms with Gasteiger partial charge < -0.3 is 14.5 Å². The number of rotatable bonds is 7. The standard InChI is InChI=1S/C26H25ClN2O3/c1-4-16(2)19-7-11-24-22(14-19)29-26(32-24)18-5-9-21(10-6-18)28-25(30)15-31-23-12-8-20(27)13-17(23)3/h5-14,16H,4,15H2,1-3H3,(H,28,30)/t16-/m0/s1. The second-order valence-corrected chi connectivity index (χ2v) is 8.32. The number of halogens is 1. The monoisotopic (exact) mass is 448 g/mol. The summed E-state index contributed by atoms with van der Waals surface area (Å²) in [4.78, 5) is 16.9. The van der Waals surface area contributed by atoms with Gasteiger partial charge >= 0.3 is 0 Å². The van der Waals surface area contributed by atoms with Crippen LogP contribution >= 0.6 is 11.6 Å². The molecule has 5 nitrogen and oxygen atoms in total. The molecular weight excluding hydrogens is 424 g/mol. The van der Waals surface area contributed by atoms with Crippen molar-refractivity contribution in [1.82, 2.24) is 4.98 Å². The van der Waals surface area contributed by atoms with Crippen LogP contribution in [0.25, 0.3) is 22.6 Å². The predicted octanol–water partition coefficient (Wildman–Crippen LogP) is 6.99. The van der Waals surface area contributed by atoms with Gasteiger partial charge in [0.25, 0.3) is 5.91 Å². The Morgan fingerprint density at radius 2 is 1.91 bits per heavy atom. The molecule has 0 saturated heterocycles. The molecule has 4 aromatic rings. The van der Waals surface area contributed by atoms with Gasteiger partial charge in [-0.05, 0) is 85.0 Å². The van der Waals surface area contributed by atoms with Gasteiger partial charge in [0.2, 0.25) is 5.89 Å². The van der Waals surface area contributed by atoms with Crippen LogP contribution in [0.4, 0.5) is 5.69 Å². The molecule has 3 aromatic carbocycles. The summed E-state index contributed by atoms with van der Waals surface area (Å²) in [5, 5.41) is 3.47. The molecule has 32 heavy (non-hydrogen) atoms. The van der Waals surface area contributed by atoms with Crippen molar-refractivity contribution in [3.8, 4) is 17.2 Å². The maximum Gasteiger partial charge on any atom is 0.262 e. The van der Waals surface area contributed by atoms with Crippen molar-refractivity contribution < 1.29 is 13.9 Å². The van der Waals surface area contributed by atoms with E-state index >= 15 is 0 Å². The normalized spacial score (nSPS) is 12.0. The predicted molar refractivity (Wildman–Crippen MR) is 128 cm³/mol. The Morgan fingerprint density at radius 1 is 1.12 bits per heavy atom. The largest absolute Gasteiger partial charge is 0.483 e. The van der Waals surface area contributed by atoms with Crippen LogP contribution < -0.4 is 10.1 Å². The summed E-state index contributed by atoms with van der Waals surface area (Å²) in [5.74, 6) is 1.43. The van der Waals surface area contributed by atoms with E-state index in [9.17, 15) is 4.79 Å². The van der Waals surface area contributed by atoms with E-state index in [1.807, 2.05) is 37.3 Å². The van der Waals surface area contributed by atoms with Crippen molar-refractivity contribution in [3.63, 3.8) is 0 Å². The molecule has 0 spiro atoms. The van der Waals surface area contributed by atoms with E-state index in [1.165, 1.54) is 5.56 Å². The molecule has 6 heteroatoms. The van der Waals surface area contributed by atoms with Gasteiger partial charge in [0, 0.05) is 16.3 Å². The fourth-order valence-corrected chi connectivity index (χ4v) is 3.65. The van der Waals surface area contributed by atoms with E-state index in [0.29, 0.717) is 28.3 Å². The number of nitrogens with one attached hydrogen (secondary N) is 1. The van der Waals surface area contributed by atoms with E-state index in [0.717, 1.165) is 28.6 Å². The molecule has 0 bridgehead atoms. The number of amides is 1. The average Bonchev–Trinajstić information content (AvgIpc) is 3.22. The van der Waals surface area contributed by atoms with Gasteiger partial charge in [-0.2, -0.15) is 0 Å². The highest BCUT2D eigenvalue weighted by molar-refractivity contribution is 6.30. The number of aryl methyl sites for hydroxylation is 1. The smallest absolute Gasteiger partial charge is 0.262 e. The number of carbonyl (C=O) groups is 1. The third kappa shape index (κ3) is 4.94. The molecule has 1 amide bonds. The first kappa shape index (κ1) is 21.9. The highest BCUT2D eigenvalue weighted by atomic mass is 35.5. The third-order valence-corrected chi connectivity index (χ3v) is 5.74. The quantitative estimate of drug-likeness (QED) is 0.331. The van der Waals surface area contributed by atoms with Crippen LogP contribution in [0.1, 0.15) is 37.3 Å². The Morgan fingerprint density at radius 3 is 2.62 bits per heavy atom. The van der Waals surface area contributed by atoms with Crippen molar-refractivity contribution >= 4 is 34.3 Å². The van der Waals surface area contributed by atoms with Crippen LogP contribution in [0.2, 0.25) is 5.02 Å². The van der Waals surface area contributed by atoms with E-state index in [4.69, 9.17) is 20.8 Å². The van der Waals surface area contributed by atoms with Crippen molar-refractivity contribution in [2.75, 3.05) is 11.9 Å². The molecular formula is C26H25ClN2O3. The first-order valence-electron chi connectivity index (χ1n) is 10.6. The molecule has 0 aliphatic rings. The zero-order valence-electron chi connectivity index (χ0n) is 18.3. The minimum Gasteiger partial charge on any atom is -0.483 e. The van der Waals surface area contributed by atoms with Crippen LogP contribution in [-0.2, 0) is 4.79 Å². The van der Waals surface area contributed by atoms with Crippen LogP contribution in [-0.4, -0.2) is 17.5 Å². The number of hydrogen-bond acceptors (Lipinski definition) is 4. The molecule has 4 rings (SSSR count). The number of fused-ring (bicyclic) bond motifs is 1. The first-order chi connectivity index (χ1) is 15.4. The Balaban J connectivity index is 1.41. The number of aromatic nitrogens is 1. The minimum atomic E-state index is -0.244. The van der Waals surface area contributed by atoms with Crippen LogP contribution in [0.15, 0.2) is 65.1 Å². The lowest BCUT2D eigenvalue weighted by Gasteiger charge is -2.10. The second-order valence-electron chi connectivity index (χ2n) is 7.88. The Kier molecular flexibility index (Phi) is 6.47. The van der Waals surface area contributed by atoms with E-state index in [2.05, 4.69) is 36.3 Å². The van der Waals surface area contributed by atoms with Gasteiger partial charge in [0.1, 0.15) is 11.3 Å². The van der Waals surface area contributed by atoms with Crippen LogP contribution in [0, 0.1) is 6.92 Å². The van der Waals surface area contributed by atoms with Gasteiger partial charge in [-0.15, -0.1) is 0 Å². The molecule has 0 radical (unpaired) electrons. The molecule has 164 valence electrons. The molecule has 0 aliphatic heterocycles. The van der Waals surface area contributed by atoms with Gasteiger partial charge in [0.15, 0.2) is 12.2 Å². The Hall–Kier alpha value is -3.31. The molecule has 1 heterocycles. The maximum atomic E-state index is 12.3. The number of benzene rings is 3. The molecule has 0 unspecified atom stereocenters. The highest BCUT2D eigenvalue weighted by Gasteiger charge is 2.12. The number of hydrogen-bond donors (Lipinski definition) is 1. The van der Waals surface area contributed by atoms with E-state index in [-0.39, 0.29) is 12.5 Å². The van der Waals surface area contributed by atoms with Gasteiger partial charge in [-0.25, -0.2) is 4.98 Å². The molecule has 1 atom stereocenters. The number of carbonyl (C=O) groups excluding carboxylic acids is 1. The summed E-state index contributed by atoms with van der Waals surface area (Å²) in [6.07, 6.45) is 1.08. The summed E-state index contributed by atoms with van der Waals surface area (Å²) >= 11 is 5.95. The summed E-state index contributed by atoms with van der Waals surface area (Å²) < 4.78 is 11.5. The Labute approximate surface area is 192 Å². The number of nitrogens with zero attached hydrogens (tertiary/aromatic N) is 1. The zero-order valence-corrected chi connectivity index (χ0v) is 19.1. The molecule has 1 N–H and O–H groups in total. The van der Waals surface area contributed by atoms with Gasteiger partial charge in [-0.3, -0.25) is 4.79 Å². The number of ether oxygens (including phenoxy) is 1. The summed E-state index contributed by atoms with van der Waals surface area (Å²) in [6, 6.07) is 18.8. The van der Waals surface area contributed by atoms with Crippen LogP contribution in [0.3, 0.4) is 0 Å². The van der Waals surface area contributed by atoms with Gasteiger partial charge in [0.05, 0.1) is 0 Å². The molecule has 1 aromatic heterocycles. The van der Waals surface area contributed by atoms with Crippen molar-refractivity contribution in [2.24, 2.45) is 0 Å². The lowest BCUT2D eigenvalue weighted by Crippen LogP contribution is -2.20. The number of anilines is 1. The SMILES string of the molecule is CC[C@H](C)c1ccc2oc(-c3ccc(NC(=O)COc4ccc(Cl)cc4C)cc3)nc2c1. The topological polar surface area (TPSA) is 64.4 Å². The Bertz CT molecular complexity index is 1250. The maximum absolute atomic E-state index is 12.3. The fraction of sp³-hybridized carbons (Fsp3) is 0.231. The lowest BCUT2D eigenvalue weighted by atomic mass is 9.98. The highest BCUT2D eigenvalue weighted by Crippen LogP contribution is 2.28. The number of oxazole rings is 1. The van der Waals surface area contributed by atoms with Crippen LogP contribution in [0.5, 0.6) is 5.75 Å². The zero-order chi connectivity index (χ0) is 22.7.